The van der Waals surface area contributed by atoms with Gasteiger partial charge in [-0.2, -0.15) is 0 Å². The minimum Gasteiger partial charge on any atom is -0.496 e. The number of amides is 1. The second-order valence-corrected chi connectivity index (χ2v) is 4.55. The Labute approximate surface area is 120 Å². The van der Waals surface area contributed by atoms with E-state index in [2.05, 4.69) is 10.6 Å². The summed E-state index contributed by atoms with van der Waals surface area (Å²) in [6.45, 7) is 2.41. The number of hydrogen-bond donors (Lipinski definition) is 2. The van der Waals surface area contributed by atoms with Gasteiger partial charge in [0.2, 0.25) is 5.91 Å². The molecule has 0 unspecified atom stereocenters. The molecular formula is C14H21ClN2O2. The molecule has 1 aromatic carbocycles. The summed E-state index contributed by atoms with van der Waals surface area (Å²) in [5, 5.41) is 6.26. The third kappa shape index (κ3) is 4.40. The average Bonchev–Trinajstić information content (AvgIpc) is 2.46. The van der Waals surface area contributed by atoms with E-state index < -0.39 is 0 Å². The first kappa shape index (κ1) is 15.8. The molecule has 1 amide bonds. The zero-order valence-corrected chi connectivity index (χ0v) is 12.0. The number of methoxy groups -OCH3 is 1. The molecule has 0 bridgehead atoms. The molecule has 0 radical (unpaired) electrons. The number of piperidine rings is 1. The number of carbonyl (C=O) groups excluding carboxylic acids is 1. The van der Waals surface area contributed by atoms with Crippen molar-refractivity contribution in [3.8, 4) is 5.75 Å². The van der Waals surface area contributed by atoms with Gasteiger partial charge in [0.25, 0.3) is 0 Å². The molecule has 0 saturated carbocycles. The summed E-state index contributed by atoms with van der Waals surface area (Å²) < 4.78 is 5.26. The fourth-order valence-corrected chi connectivity index (χ4v) is 2.26. The van der Waals surface area contributed by atoms with Gasteiger partial charge in [0, 0.05) is 18.0 Å². The summed E-state index contributed by atoms with van der Waals surface area (Å²) in [7, 11) is 1.65. The highest BCUT2D eigenvalue weighted by Gasteiger charge is 2.20. The lowest BCUT2D eigenvalue weighted by atomic mass is 9.97. The van der Waals surface area contributed by atoms with Gasteiger partial charge in [0.1, 0.15) is 5.75 Å². The van der Waals surface area contributed by atoms with Crippen LogP contribution in [0.15, 0.2) is 24.3 Å². The molecule has 1 aliphatic heterocycles. The van der Waals surface area contributed by atoms with Crippen LogP contribution in [0.5, 0.6) is 5.75 Å². The molecule has 1 aliphatic rings. The maximum Gasteiger partial charge on any atom is 0.223 e. The zero-order chi connectivity index (χ0) is 12.8. The third-order valence-corrected chi connectivity index (χ3v) is 3.36. The fraction of sp³-hybridized carbons (Fsp3) is 0.500. The Kier molecular flexibility index (Phi) is 6.67. The quantitative estimate of drug-likeness (QED) is 0.885. The highest BCUT2D eigenvalue weighted by Crippen LogP contribution is 2.17. The molecule has 0 spiro atoms. The summed E-state index contributed by atoms with van der Waals surface area (Å²) >= 11 is 0. The van der Waals surface area contributed by atoms with Crippen molar-refractivity contribution in [3.63, 3.8) is 0 Å². The number of benzene rings is 1. The van der Waals surface area contributed by atoms with Crippen LogP contribution in [0.25, 0.3) is 0 Å². The van der Waals surface area contributed by atoms with Crippen molar-refractivity contribution in [1.29, 1.82) is 0 Å². The van der Waals surface area contributed by atoms with Gasteiger partial charge in [0.15, 0.2) is 0 Å². The van der Waals surface area contributed by atoms with E-state index >= 15 is 0 Å². The molecule has 0 atom stereocenters. The Bertz CT molecular complexity index is 406. The van der Waals surface area contributed by atoms with Gasteiger partial charge in [-0.05, 0) is 32.0 Å². The first-order valence-corrected chi connectivity index (χ1v) is 6.41. The van der Waals surface area contributed by atoms with Crippen LogP contribution in [0, 0.1) is 5.92 Å². The molecule has 1 aromatic rings. The summed E-state index contributed by atoms with van der Waals surface area (Å²) in [6, 6.07) is 7.76. The minimum atomic E-state index is 0. The lowest BCUT2D eigenvalue weighted by Gasteiger charge is -2.22. The summed E-state index contributed by atoms with van der Waals surface area (Å²) in [5.74, 6) is 1.13. The maximum absolute atomic E-state index is 12.0. The predicted molar refractivity (Wildman–Crippen MR) is 77.7 cm³/mol. The highest BCUT2D eigenvalue weighted by atomic mass is 35.5. The molecule has 2 N–H and O–H groups in total. The predicted octanol–water partition coefficient (Wildman–Crippen LogP) is 1.73. The second-order valence-electron chi connectivity index (χ2n) is 4.55. The fourth-order valence-electron chi connectivity index (χ4n) is 2.26. The minimum absolute atomic E-state index is 0. The lowest BCUT2D eigenvalue weighted by molar-refractivity contribution is -0.125. The van der Waals surface area contributed by atoms with Crippen LogP contribution in [0.3, 0.4) is 0 Å². The number of rotatable bonds is 4. The van der Waals surface area contributed by atoms with Crippen LogP contribution in [0.2, 0.25) is 0 Å². The highest BCUT2D eigenvalue weighted by molar-refractivity contribution is 5.85. The monoisotopic (exact) mass is 284 g/mol. The van der Waals surface area contributed by atoms with Crippen LogP contribution in [0.1, 0.15) is 18.4 Å². The standard InChI is InChI=1S/C14H20N2O2.ClH/c1-18-13-5-3-2-4-12(13)10-16-14(17)11-6-8-15-9-7-11;/h2-5,11,15H,6-10H2,1H3,(H,16,17);1H. The van der Waals surface area contributed by atoms with E-state index in [1.165, 1.54) is 0 Å². The van der Waals surface area contributed by atoms with E-state index in [9.17, 15) is 4.79 Å². The molecule has 1 saturated heterocycles. The molecule has 1 fully saturated rings. The van der Waals surface area contributed by atoms with Gasteiger partial charge < -0.3 is 15.4 Å². The summed E-state index contributed by atoms with van der Waals surface area (Å²) in [6.07, 6.45) is 1.86. The van der Waals surface area contributed by atoms with Crippen molar-refractivity contribution in [2.45, 2.75) is 19.4 Å². The number of carbonyl (C=O) groups is 1. The van der Waals surface area contributed by atoms with Crippen molar-refractivity contribution in [1.82, 2.24) is 10.6 Å². The zero-order valence-electron chi connectivity index (χ0n) is 11.1. The maximum atomic E-state index is 12.0. The Balaban J connectivity index is 0.00000180. The van der Waals surface area contributed by atoms with Crippen LogP contribution in [-0.4, -0.2) is 26.1 Å². The molecule has 0 aromatic heterocycles. The van der Waals surface area contributed by atoms with Crippen molar-refractivity contribution in [3.05, 3.63) is 29.8 Å². The van der Waals surface area contributed by atoms with E-state index in [0.717, 1.165) is 37.2 Å². The largest absolute Gasteiger partial charge is 0.496 e. The molecule has 106 valence electrons. The molecular weight excluding hydrogens is 264 g/mol. The number of nitrogens with one attached hydrogen (secondary N) is 2. The van der Waals surface area contributed by atoms with Crippen molar-refractivity contribution in [2.75, 3.05) is 20.2 Å². The van der Waals surface area contributed by atoms with Crippen LogP contribution < -0.4 is 15.4 Å². The van der Waals surface area contributed by atoms with Crippen LogP contribution in [0.4, 0.5) is 0 Å². The summed E-state index contributed by atoms with van der Waals surface area (Å²) in [4.78, 5) is 12.0. The molecule has 2 rings (SSSR count). The lowest BCUT2D eigenvalue weighted by Crippen LogP contribution is -2.37. The van der Waals surface area contributed by atoms with Crippen LogP contribution >= 0.6 is 12.4 Å². The topological polar surface area (TPSA) is 50.4 Å². The molecule has 0 aliphatic carbocycles. The summed E-state index contributed by atoms with van der Waals surface area (Å²) in [5.41, 5.74) is 1.02. The number of halogens is 1. The average molecular weight is 285 g/mol. The molecule has 5 heteroatoms. The van der Waals surface area contributed by atoms with Gasteiger partial charge in [-0.25, -0.2) is 0 Å². The molecule has 4 nitrogen and oxygen atoms in total. The van der Waals surface area contributed by atoms with Crippen molar-refractivity contribution in [2.24, 2.45) is 5.92 Å². The normalized spacial score (nSPS) is 15.4. The Hall–Kier alpha value is -1.26. The van der Waals surface area contributed by atoms with E-state index in [0.29, 0.717) is 6.54 Å². The van der Waals surface area contributed by atoms with Crippen LogP contribution in [-0.2, 0) is 11.3 Å². The smallest absolute Gasteiger partial charge is 0.223 e. The van der Waals surface area contributed by atoms with Gasteiger partial charge in [-0.1, -0.05) is 18.2 Å². The van der Waals surface area contributed by atoms with E-state index in [-0.39, 0.29) is 24.2 Å². The Morgan fingerprint density at radius 2 is 2.05 bits per heavy atom. The van der Waals surface area contributed by atoms with E-state index in [4.69, 9.17) is 4.74 Å². The SMILES string of the molecule is COc1ccccc1CNC(=O)C1CCNCC1.Cl. The van der Waals surface area contributed by atoms with Gasteiger partial charge in [-0.3, -0.25) is 4.79 Å². The van der Waals surface area contributed by atoms with Gasteiger partial charge in [-0.15, -0.1) is 12.4 Å². The second kappa shape index (κ2) is 8.02. The third-order valence-electron chi connectivity index (χ3n) is 3.36. The van der Waals surface area contributed by atoms with Gasteiger partial charge >= 0.3 is 0 Å². The number of para-hydroxylation sites is 1. The van der Waals surface area contributed by atoms with Gasteiger partial charge in [0.05, 0.1) is 7.11 Å². The Morgan fingerprint density at radius 3 is 2.74 bits per heavy atom. The Morgan fingerprint density at radius 1 is 1.37 bits per heavy atom. The van der Waals surface area contributed by atoms with E-state index in [1.807, 2.05) is 24.3 Å². The first-order valence-electron chi connectivity index (χ1n) is 6.41. The first-order chi connectivity index (χ1) is 8.81. The molecule has 1 heterocycles. The van der Waals surface area contributed by atoms with Crippen molar-refractivity contribution < 1.29 is 9.53 Å². The number of ether oxygens (including phenoxy) is 1. The molecule has 19 heavy (non-hydrogen) atoms. The number of hydrogen-bond acceptors (Lipinski definition) is 3. The van der Waals surface area contributed by atoms with Crippen molar-refractivity contribution >= 4 is 18.3 Å². The van der Waals surface area contributed by atoms with E-state index in [1.54, 1.807) is 7.11 Å².